The molecule has 3 rings (SSSR count). The number of amides is 1. The Morgan fingerprint density at radius 3 is 2.50 bits per heavy atom. The highest BCUT2D eigenvalue weighted by atomic mass is 32.1. The predicted octanol–water partition coefficient (Wildman–Crippen LogP) is 3.29. The molecule has 0 aliphatic heterocycles. The third-order valence-corrected chi connectivity index (χ3v) is 5.80. The van der Waals surface area contributed by atoms with E-state index in [0.717, 1.165) is 41.7 Å². The van der Waals surface area contributed by atoms with Crippen molar-refractivity contribution in [1.29, 1.82) is 0 Å². The Hall–Kier alpha value is -2.51. The van der Waals surface area contributed by atoms with Crippen LogP contribution in [0.2, 0.25) is 0 Å². The number of fused-ring (bicyclic) bond motifs is 1. The zero-order chi connectivity index (χ0) is 20.1. The first-order valence-electron chi connectivity index (χ1n) is 9.20. The molecule has 0 radical (unpaired) electrons. The number of hydrogen-bond donors (Lipinski definition) is 1. The van der Waals surface area contributed by atoms with Gasteiger partial charge in [0.25, 0.3) is 5.91 Å². The Morgan fingerprint density at radius 2 is 1.79 bits per heavy atom. The van der Waals surface area contributed by atoms with Gasteiger partial charge in [-0.3, -0.25) is 9.59 Å². The summed E-state index contributed by atoms with van der Waals surface area (Å²) in [5, 5.41) is 3.30. The number of anilines is 1. The molecule has 28 heavy (non-hydrogen) atoms. The first-order valence-corrected chi connectivity index (χ1v) is 10.0. The van der Waals surface area contributed by atoms with E-state index in [1.807, 2.05) is 31.2 Å². The summed E-state index contributed by atoms with van der Waals surface area (Å²) < 4.78 is 9.53. The van der Waals surface area contributed by atoms with Crippen molar-refractivity contribution in [3.05, 3.63) is 51.4 Å². The average Bonchev–Trinajstić information content (AvgIpc) is 3.04. The highest BCUT2D eigenvalue weighted by Crippen LogP contribution is 2.39. The van der Waals surface area contributed by atoms with E-state index in [0.29, 0.717) is 16.1 Å². The molecule has 7 heteroatoms. The van der Waals surface area contributed by atoms with Gasteiger partial charge in [-0.15, -0.1) is 11.3 Å². The number of aryl methyl sites for hydroxylation is 2. The van der Waals surface area contributed by atoms with Gasteiger partial charge in [-0.1, -0.05) is 29.8 Å². The van der Waals surface area contributed by atoms with Gasteiger partial charge in [-0.2, -0.15) is 0 Å². The second kappa shape index (κ2) is 9.12. The van der Waals surface area contributed by atoms with Gasteiger partial charge in [0.2, 0.25) is 0 Å². The van der Waals surface area contributed by atoms with Crippen LogP contribution in [0, 0.1) is 6.92 Å². The normalized spacial score (nSPS) is 12.9. The molecule has 0 unspecified atom stereocenters. The number of ketones is 1. The maximum Gasteiger partial charge on any atom is 0.332 e. The van der Waals surface area contributed by atoms with Crippen molar-refractivity contribution in [2.75, 3.05) is 25.6 Å². The van der Waals surface area contributed by atoms with E-state index in [1.165, 1.54) is 18.4 Å². The number of ether oxygens (including phenoxy) is 2. The first-order chi connectivity index (χ1) is 13.5. The lowest BCUT2D eigenvalue weighted by Gasteiger charge is -2.13. The summed E-state index contributed by atoms with van der Waals surface area (Å²) in [5.41, 5.74) is 3.28. The minimum absolute atomic E-state index is 0.0916. The van der Waals surface area contributed by atoms with Crippen LogP contribution >= 0.6 is 11.3 Å². The molecule has 1 aliphatic carbocycles. The Labute approximate surface area is 167 Å². The minimum atomic E-state index is -0.612. The summed E-state index contributed by atoms with van der Waals surface area (Å²) in [6, 6.07) is 7.42. The smallest absolute Gasteiger partial charge is 0.332 e. The fourth-order valence-electron chi connectivity index (χ4n) is 3.21. The van der Waals surface area contributed by atoms with Gasteiger partial charge in [-0.05, 0) is 38.2 Å². The van der Waals surface area contributed by atoms with Crippen molar-refractivity contribution >= 4 is 34.0 Å². The Kier molecular flexibility index (Phi) is 6.59. The molecule has 6 nitrogen and oxygen atoms in total. The Morgan fingerprint density at radius 1 is 1.07 bits per heavy atom. The second-order valence-corrected chi connectivity index (χ2v) is 7.86. The van der Waals surface area contributed by atoms with Crippen LogP contribution < -0.4 is 5.32 Å². The molecule has 0 saturated carbocycles. The van der Waals surface area contributed by atoms with Crippen molar-refractivity contribution in [3.8, 4) is 0 Å². The van der Waals surface area contributed by atoms with Crippen LogP contribution in [0.15, 0.2) is 24.3 Å². The number of methoxy groups -OCH3 is 1. The van der Waals surface area contributed by atoms with Crippen molar-refractivity contribution < 1.29 is 23.9 Å². The summed E-state index contributed by atoms with van der Waals surface area (Å²) in [6.45, 7) is 1.35. The lowest BCUT2D eigenvalue weighted by Crippen LogP contribution is -2.23. The molecule has 1 aromatic carbocycles. The molecular formula is C21H23NO5S. The van der Waals surface area contributed by atoms with Gasteiger partial charge >= 0.3 is 5.97 Å². The van der Waals surface area contributed by atoms with E-state index >= 15 is 0 Å². The molecule has 1 heterocycles. The van der Waals surface area contributed by atoms with Crippen molar-refractivity contribution in [2.45, 2.75) is 32.6 Å². The molecular weight excluding hydrogens is 378 g/mol. The fraction of sp³-hybridized carbons (Fsp3) is 0.381. The summed E-state index contributed by atoms with van der Waals surface area (Å²) in [5.74, 6) is -1.17. The molecule has 1 amide bonds. The molecule has 2 aromatic rings. The molecule has 0 bridgehead atoms. The quantitative estimate of drug-likeness (QED) is 0.569. The maximum absolute atomic E-state index is 13.2. The van der Waals surface area contributed by atoms with Crippen LogP contribution in [0.4, 0.5) is 5.00 Å². The number of hydrogen-bond acceptors (Lipinski definition) is 6. The fourth-order valence-corrected chi connectivity index (χ4v) is 4.51. The topological polar surface area (TPSA) is 81.7 Å². The minimum Gasteiger partial charge on any atom is -0.454 e. The van der Waals surface area contributed by atoms with Crippen LogP contribution in [-0.2, 0) is 31.9 Å². The maximum atomic E-state index is 13.2. The van der Waals surface area contributed by atoms with Crippen LogP contribution in [0.1, 0.15) is 44.8 Å². The van der Waals surface area contributed by atoms with Crippen LogP contribution in [-0.4, -0.2) is 38.0 Å². The first kappa shape index (κ1) is 20.2. The van der Waals surface area contributed by atoms with Gasteiger partial charge in [0, 0.05) is 17.6 Å². The molecule has 0 fully saturated rings. The van der Waals surface area contributed by atoms with Crippen LogP contribution in [0.3, 0.4) is 0 Å². The summed E-state index contributed by atoms with van der Waals surface area (Å²) in [7, 11) is 1.38. The van der Waals surface area contributed by atoms with Crippen molar-refractivity contribution in [1.82, 2.24) is 0 Å². The number of rotatable bonds is 7. The van der Waals surface area contributed by atoms with Gasteiger partial charge in [0.05, 0.1) is 5.56 Å². The zero-order valence-electron chi connectivity index (χ0n) is 16.0. The Balaban J connectivity index is 1.83. The SMILES string of the molecule is COCC(=O)OCC(=O)Nc1sc2c(c1C(=O)c1ccc(C)cc1)CCCC2. The lowest BCUT2D eigenvalue weighted by molar-refractivity contribution is -0.150. The van der Waals surface area contributed by atoms with Gasteiger partial charge < -0.3 is 14.8 Å². The third kappa shape index (κ3) is 4.66. The van der Waals surface area contributed by atoms with Gasteiger partial charge in [-0.25, -0.2) is 4.79 Å². The number of benzene rings is 1. The highest BCUT2D eigenvalue weighted by Gasteiger charge is 2.27. The number of carbonyl (C=O) groups is 3. The van der Waals surface area contributed by atoms with E-state index in [9.17, 15) is 14.4 Å². The van der Waals surface area contributed by atoms with E-state index in [2.05, 4.69) is 10.1 Å². The van der Waals surface area contributed by atoms with Crippen molar-refractivity contribution in [3.63, 3.8) is 0 Å². The van der Waals surface area contributed by atoms with Gasteiger partial charge in [0.15, 0.2) is 12.4 Å². The largest absolute Gasteiger partial charge is 0.454 e. The summed E-state index contributed by atoms with van der Waals surface area (Å²) in [6.07, 6.45) is 3.85. The molecule has 1 aromatic heterocycles. The lowest BCUT2D eigenvalue weighted by atomic mass is 9.91. The number of esters is 1. The van der Waals surface area contributed by atoms with E-state index in [4.69, 9.17) is 4.74 Å². The number of nitrogens with one attached hydrogen (secondary N) is 1. The predicted molar refractivity (Wildman–Crippen MR) is 107 cm³/mol. The molecule has 1 N–H and O–H groups in total. The summed E-state index contributed by atoms with van der Waals surface area (Å²) >= 11 is 1.44. The average molecular weight is 401 g/mol. The highest BCUT2D eigenvalue weighted by molar-refractivity contribution is 7.17. The van der Waals surface area contributed by atoms with Crippen molar-refractivity contribution in [2.24, 2.45) is 0 Å². The Bertz CT molecular complexity index is 885. The monoisotopic (exact) mass is 401 g/mol. The third-order valence-electron chi connectivity index (χ3n) is 4.59. The number of thiophene rings is 1. The van der Waals surface area contributed by atoms with Gasteiger partial charge in [0.1, 0.15) is 11.6 Å². The van der Waals surface area contributed by atoms with Crippen LogP contribution in [0.25, 0.3) is 0 Å². The standard InChI is InChI=1S/C21H23NO5S/c1-13-7-9-14(10-8-13)20(25)19-15-5-3-4-6-16(15)28-21(19)22-17(23)11-27-18(24)12-26-2/h7-10H,3-6,11-12H2,1-2H3,(H,22,23). The number of carbonyl (C=O) groups excluding carboxylic acids is 3. The zero-order valence-corrected chi connectivity index (χ0v) is 16.8. The van der Waals surface area contributed by atoms with Crippen LogP contribution in [0.5, 0.6) is 0 Å². The molecule has 0 saturated heterocycles. The molecule has 0 atom stereocenters. The van der Waals surface area contributed by atoms with E-state index in [-0.39, 0.29) is 12.4 Å². The molecule has 0 spiro atoms. The van der Waals surface area contributed by atoms with E-state index < -0.39 is 18.5 Å². The molecule has 1 aliphatic rings. The molecule has 148 valence electrons. The summed E-state index contributed by atoms with van der Waals surface area (Å²) in [4.78, 5) is 38.0. The second-order valence-electron chi connectivity index (χ2n) is 6.75. The van der Waals surface area contributed by atoms with E-state index in [1.54, 1.807) is 0 Å².